The Hall–Kier alpha value is -0.110. The lowest BCUT2D eigenvalue weighted by atomic mass is 9.96. The Kier molecular flexibility index (Phi) is 5.60. The molecule has 2 heteroatoms. The molecule has 0 saturated carbocycles. The molecule has 0 aliphatic carbocycles. The van der Waals surface area contributed by atoms with E-state index in [4.69, 9.17) is 4.74 Å². The van der Waals surface area contributed by atoms with Crippen LogP contribution in [0.25, 0.3) is 0 Å². The van der Waals surface area contributed by atoms with E-state index in [1.165, 1.54) is 6.42 Å². The van der Waals surface area contributed by atoms with Crippen molar-refractivity contribution in [3.8, 4) is 0 Å². The number of hydrogen-bond acceptors (Lipinski definition) is 1. The van der Waals surface area contributed by atoms with E-state index in [-0.39, 0.29) is 0 Å². The third-order valence-corrected chi connectivity index (χ3v) is 1.91. The van der Waals surface area contributed by atoms with Crippen molar-refractivity contribution in [1.82, 2.24) is 0 Å². The maximum absolute atomic E-state index is 9.50. The zero-order valence-corrected chi connectivity index (χ0v) is 7.06. The third-order valence-electron chi connectivity index (χ3n) is 1.91. The monoisotopic (exact) mass is 148 g/mol. The number of ether oxygens (including phenoxy) is 1. The first-order chi connectivity index (χ1) is 4.80. The maximum atomic E-state index is 9.50. The largest absolute Gasteiger partial charge is 0.381 e. The molecule has 62 valence electrons. The van der Waals surface area contributed by atoms with Crippen molar-refractivity contribution in [2.75, 3.05) is 20.4 Å². The predicted molar refractivity (Wildman–Crippen MR) is 40.8 cm³/mol. The maximum Gasteiger partial charge on any atom is 0.0785 e. The first kappa shape index (κ1) is 9.89. The molecule has 1 rings (SSSR count). The van der Waals surface area contributed by atoms with Gasteiger partial charge in [0.05, 0.1) is 7.18 Å². The number of halogens is 1. The van der Waals surface area contributed by atoms with Crippen LogP contribution in [0.3, 0.4) is 0 Å². The Bertz CT molecular complexity index is 67.7. The molecule has 1 heterocycles. The predicted octanol–water partition coefficient (Wildman–Crippen LogP) is 2.26. The van der Waals surface area contributed by atoms with Gasteiger partial charge in [-0.05, 0) is 18.3 Å². The quantitative estimate of drug-likeness (QED) is 0.554. The molecular weight excluding hydrogens is 131 g/mol. The van der Waals surface area contributed by atoms with E-state index in [1.54, 1.807) is 0 Å². The van der Waals surface area contributed by atoms with Crippen LogP contribution in [0, 0.1) is 11.8 Å². The number of rotatable bonds is 1. The normalized spacial score (nSPS) is 24.3. The van der Waals surface area contributed by atoms with Crippen LogP contribution in [0.2, 0.25) is 0 Å². The van der Waals surface area contributed by atoms with E-state index in [0.717, 1.165) is 25.0 Å². The van der Waals surface area contributed by atoms with Gasteiger partial charge in [0.2, 0.25) is 0 Å². The first-order valence-electron chi connectivity index (χ1n) is 3.76. The molecule has 1 nitrogen and oxygen atoms in total. The Labute approximate surface area is 62.6 Å². The summed E-state index contributed by atoms with van der Waals surface area (Å²) in [6.07, 6.45) is 1.28. The molecule has 1 atom stereocenters. The summed E-state index contributed by atoms with van der Waals surface area (Å²) in [4.78, 5) is 0. The van der Waals surface area contributed by atoms with Gasteiger partial charge in [0.25, 0.3) is 0 Å². The molecule has 0 aromatic carbocycles. The minimum atomic E-state index is 0.500. The van der Waals surface area contributed by atoms with Gasteiger partial charge in [-0.25, -0.2) is 0 Å². The Balaban J connectivity index is 0.000000371. The fraction of sp³-hybridized carbons (Fsp3) is 1.00. The molecule has 1 fully saturated rings. The smallest absolute Gasteiger partial charge is 0.0785 e. The molecule has 10 heavy (non-hydrogen) atoms. The molecule has 0 bridgehead atoms. The van der Waals surface area contributed by atoms with Gasteiger partial charge in [-0.3, -0.25) is 4.39 Å². The molecule has 0 N–H and O–H groups in total. The van der Waals surface area contributed by atoms with Crippen molar-refractivity contribution in [2.24, 2.45) is 11.8 Å². The second-order valence-electron chi connectivity index (χ2n) is 2.87. The Morgan fingerprint density at radius 2 is 2.00 bits per heavy atom. The molecule has 0 amide bonds. The fourth-order valence-electron chi connectivity index (χ4n) is 1.08. The molecule has 1 unspecified atom stereocenters. The molecule has 1 saturated heterocycles. The highest BCUT2D eigenvalue weighted by Crippen LogP contribution is 2.20. The molecule has 0 aromatic heterocycles. The SMILES string of the molecule is CC(C)C1CCOC1.CF. The summed E-state index contributed by atoms with van der Waals surface area (Å²) in [5, 5.41) is 0. The van der Waals surface area contributed by atoms with Gasteiger partial charge in [-0.15, -0.1) is 0 Å². The van der Waals surface area contributed by atoms with Gasteiger partial charge in [0, 0.05) is 13.2 Å². The fourth-order valence-corrected chi connectivity index (χ4v) is 1.08. The first-order valence-corrected chi connectivity index (χ1v) is 3.76. The summed E-state index contributed by atoms with van der Waals surface area (Å²) in [5.74, 6) is 1.66. The molecule has 0 aromatic rings. The average molecular weight is 148 g/mol. The summed E-state index contributed by atoms with van der Waals surface area (Å²) in [6, 6.07) is 0. The van der Waals surface area contributed by atoms with Gasteiger partial charge >= 0.3 is 0 Å². The summed E-state index contributed by atoms with van der Waals surface area (Å²) in [5.41, 5.74) is 0. The zero-order chi connectivity index (χ0) is 7.98. The highest BCUT2D eigenvalue weighted by molar-refractivity contribution is 4.66. The lowest BCUT2D eigenvalue weighted by Crippen LogP contribution is -2.06. The summed E-state index contributed by atoms with van der Waals surface area (Å²) in [6.45, 7) is 6.51. The van der Waals surface area contributed by atoms with Crippen LogP contribution in [0.1, 0.15) is 20.3 Å². The van der Waals surface area contributed by atoms with E-state index in [9.17, 15) is 4.39 Å². The minimum absolute atomic E-state index is 0.500. The van der Waals surface area contributed by atoms with Crippen molar-refractivity contribution >= 4 is 0 Å². The second-order valence-corrected chi connectivity index (χ2v) is 2.87. The van der Waals surface area contributed by atoms with Crippen LogP contribution < -0.4 is 0 Å². The highest BCUT2D eigenvalue weighted by Gasteiger charge is 2.17. The Morgan fingerprint density at radius 1 is 1.40 bits per heavy atom. The van der Waals surface area contributed by atoms with Gasteiger partial charge < -0.3 is 4.74 Å². The number of alkyl halides is 1. The van der Waals surface area contributed by atoms with E-state index < -0.39 is 0 Å². The van der Waals surface area contributed by atoms with Crippen LogP contribution >= 0.6 is 0 Å². The summed E-state index contributed by atoms with van der Waals surface area (Å²) < 4.78 is 14.7. The van der Waals surface area contributed by atoms with Crippen molar-refractivity contribution < 1.29 is 9.13 Å². The molecule has 0 spiro atoms. The number of hydrogen-bond donors (Lipinski definition) is 0. The minimum Gasteiger partial charge on any atom is -0.381 e. The van der Waals surface area contributed by atoms with Gasteiger partial charge in [-0.1, -0.05) is 13.8 Å². The third kappa shape index (κ3) is 3.16. The second kappa shape index (κ2) is 5.66. The van der Waals surface area contributed by atoms with Crippen LogP contribution in [-0.2, 0) is 4.74 Å². The Morgan fingerprint density at radius 3 is 2.20 bits per heavy atom. The van der Waals surface area contributed by atoms with E-state index in [1.807, 2.05) is 0 Å². The van der Waals surface area contributed by atoms with Crippen LogP contribution in [0.4, 0.5) is 4.39 Å². The van der Waals surface area contributed by atoms with Crippen LogP contribution in [-0.4, -0.2) is 20.4 Å². The molecule has 1 aliphatic rings. The van der Waals surface area contributed by atoms with Crippen molar-refractivity contribution in [2.45, 2.75) is 20.3 Å². The van der Waals surface area contributed by atoms with E-state index in [2.05, 4.69) is 13.8 Å². The molecular formula is C8H17FO. The lowest BCUT2D eigenvalue weighted by Gasteiger charge is -2.09. The van der Waals surface area contributed by atoms with E-state index in [0.29, 0.717) is 7.18 Å². The average Bonchev–Trinajstić information content (AvgIpc) is 2.42. The zero-order valence-electron chi connectivity index (χ0n) is 7.06. The molecule has 1 aliphatic heterocycles. The van der Waals surface area contributed by atoms with Crippen molar-refractivity contribution in [1.29, 1.82) is 0 Å². The van der Waals surface area contributed by atoms with Crippen LogP contribution in [0.5, 0.6) is 0 Å². The summed E-state index contributed by atoms with van der Waals surface area (Å²) in [7, 11) is 0.500. The van der Waals surface area contributed by atoms with Gasteiger partial charge in [-0.2, -0.15) is 0 Å². The lowest BCUT2D eigenvalue weighted by molar-refractivity contribution is 0.177. The van der Waals surface area contributed by atoms with Crippen molar-refractivity contribution in [3.05, 3.63) is 0 Å². The van der Waals surface area contributed by atoms with Gasteiger partial charge in [0.15, 0.2) is 0 Å². The highest BCUT2D eigenvalue weighted by atomic mass is 19.1. The topological polar surface area (TPSA) is 9.23 Å². The van der Waals surface area contributed by atoms with Gasteiger partial charge in [0.1, 0.15) is 0 Å². The summed E-state index contributed by atoms with van der Waals surface area (Å²) >= 11 is 0. The van der Waals surface area contributed by atoms with E-state index >= 15 is 0 Å². The molecule has 0 radical (unpaired) electrons. The standard InChI is InChI=1S/C7H14O.CH3F/c1-6(2)7-3-4-8-5-7;1-2/h6-7H,3-5H2,1-2H3;1H3. The van der Waals surface area contributed by atoms with Crippen LogP contribution in [0.15, 0.2) is 0 Å². The van der Waals surface area contributed by atoms with Crippen molar-refractivity contribution in [3.63, 3.8) is 0 Å².